The van der Waals surface area contributed by atoms with E-state index in [1.165, 1.54) is 0 Å². The van der Waals surface area contributed by atoms with Gasteiger partial charge in [0.05, 0.1) is 10.6 Å². The highest BCUT2D eigenvalue weighted by Gasteiger charge is 2.28. The van der Waals surface area contributed by atoms with E-state index in [1.54, 1.807) is 52.2 Å². The van der Waals surface area contributed by atoms with Crippen LogP contribution in [0.1, 0.15) is 6.42 Å². The average Bonchev–Trinajstić information content (AvgIpc) is 3.48. The second-order valence-corrected chi connectivity index (χ2v) is 8.54. The zero-order valence-electron chi connectivity index (χ0n) is 15.3. The van der Waals surface area contributed by atoms with Gasteiger partial charge in [-0.2, -0.15) is 9.61 Å². The van der Waals surface area contributed by atoms with Crippen molar-refractivity contribution in [2.75, 3.05) is 18.0 Å². The Morgan fingerprint density at radius 1 is 1.10 bits per heavy atom. The molecule has 4 heterocycles. The van der Waals surface area contributed by atoms with E-state index in [2.05, 4.69) is 25.1 Å². The number of nitrogens with zero attached hydrogens (tertiary/aromatic N) is 7. The summed E-state index contributed by atoms with van der Waals surface area (Å²) in [5.74, 6) is 0.766. The van der Waals surface area contributed by atoms with Crippen molar-refractivity contribution >= 4 is 21.5 Å². The molecule has 1 saturated heterocycles. The second-order valence-electron chi connectivity index (χ2n) is 6.82. The first-order valence-corrected chi connectivity index (χ1v) is 10.6. The predicted molar refractivity (Wildman–Crippen MR) is 105 cm³/mol. The van der Waals surface area contributed by atoms with Gasteiger partial charge in [-0.3, -0.25) is 0 Å². The predicted octanol–water partition coefficient (Wildman–Crippen LogP) is 0.867. The van der Waals surface area contributed by atoms with Gasteiger partial charge in [-0.05, 0) is 48.9 Å². The molecule has 10 nitrogen and oxygen atoms in total. The highest BCUT2D eigenvalue weighted by atomic mass is 32.2. The molecule has 148 valence electrons. The van der Waals surface area contributed by atoms with E-state index < -0.39 is 10.0 Å². The van der Waals surface area contributed by atoms with Crippen LogP contribution in [0.25, 0.3) is 11.3 Å². The highest BCUT2D eigenvalue weighted by Crippen LogP contribution is 2.20. The van der Waals surface area contributed by atoms with Crippen LogP contribution in [0.5, 0.6) is 0 Å². The van der Waals surface area contributed by atoms with Gasteiger partial charge in [0, 0.05) is 31.5 Å². The molecule has 11 heteroatoms. The first-order valence-electron chi connectivity index (χ1n) is 9.13. The lowest BCUT2D eigenvalue weighted by molar-refractivity contribution is 0.561. The van der Waals surface area contributed by atoms with Gasteiger partial charge in [0.25, 0.3) is 0 Å². The largest absolute Gasteiger partial charge is 0.354 e. The maximum Gasteiger partial charge on any atom is 0.240 e. The van der Waals surface area contributed by atoms with Crippen molar-refractivity contribution in [3.05, 3.63) is 61.2 Å². The van der Waals surface area contributed by atoms with Crippen LogP contribution in [-0.4, -0.2) is 57.1 Å². The molecule has 4 aromatic rings. The topological polar surface area (TPSA) is 110 Å². The van der Waals surface area contributed by atoms with Crippen molar-refractivity contribution in [1.29, 1.82) is 0 Å². The summed E-state index contributed by atoms with van der Waals surface area (Å²) in [5.41, 5.74) is 1.47. The smallest absolute Gasteiger partial charge is 0.240 e. The Morgan fingerprint density at radius 3 is 2.76 bits per heavy atom. The average molecular weight is 410 g/mol. The Hall–Kier alpha value is -3.31. The van der Waals surface area contributed by atoms with Crippen LogP contribution in [0.2, 0.25) is 0 Å². The number of sulfonamides is 1. The number of hydrogen-bond donors (Lipinski definition) is 1. The summed E-state index contributed by atoms with van der Waals surface area (Å²) in [6.07, 6.45) is 5.72. The number of nitrogens with one attached hydrogen (secondary N) is 1. The molecule has 0 aliphatic carbocycles. The minimum Gasteiger partial charge on any atom is -0.354 e. The molecule has 0 unspecified atom stereocenters. The Bertz CT molecular complexity index is 1230. The molecule has 1 aliphatic rings. The monoisotopic (exact) mass is 410 g/mol. The number of aromatic nitrogens is 6. The SMILES string of the molecule is O=S(=O)(N[C@H]1CCN(c2ccc3nncn3n2)C1)c1ccc(-n2cccn2)cc1. The van der Waals surface area contributed by atoms with Gasteiger partial charge < -0.3 is 4.90 Å². The molecule has 1 atom stereocenters. The second kappa shape index (κ2) is 6.94. The lowest BCUT2D eigenvalue weighted by atomic mass is 10.3. The summed E-state index contributed by atoms with van der Waals surface area (Å²) < 4.78 is 31.7. The van der Waals surface area contributed by atoms with Gasteiger partial charge in [0.2, 0.25) is 10.0 Å². The lowest BCUT2D eigenvalue weighted by Gasteiger charge is -2.18. The first kappa shape index (κ1) is 17.8. The number of benzene rings is 1. The van der Waals surface area contributed by atoms with E-state index in [0.29, 0.717) is 25.2 Å². The maximum atomic E-state index is 12.8. The molecular formula is C18H18N8O2S. The summed E-state index contributed by atoms with van der Waals surface area (Å²) in [4.78, 5) is 2.28. The van der Waals surface area contributed by atoms with Crippen LogP contribution < -0.4 is 9.62 Å². The quantitative estimate of drug-likeness (QED) is 0.520. The van der Waals surface area contributed by atoms with Gasteiger partial charge >= 0.3 is 0 Å². The molecule has 3 aromatic heterocycles. The van der Waals surface area contributed by atoms with Gasteiger partial charge in [-0.25, -0.2) is 17.8 Å². The molecule has 5 rings (SSSR count). The molecule has 1 aromatic carbocycles. The molecule has 1 aliphatic heterocycles. The fraction of sp³-hybridized carbons (Fsp3) is 0.222. The van der Waals surface area contributed by atoms with Crippen LogP contribution in [-0.2, 0) is 10.0 Å². The fourth-order valence-electron chi connectivity index (χ4n) is 3.44. The molecular weight excluding hydrogens is 392 g/mol. The Labute approximate surface area is 166 Å². The van der Waals surface area contributed by atoms with E-state index in [1.807, 2.05) is 23.1 Å². The van der Waals surface area contributed by atoms with E-state index in [-0.39, 0.29) is 10.9 Å². The molecule has 0 radical (unpaired) electrons. The van der Waals surface area contributed by atoms with Crippen molar-refractivity contribution in [3.8, 4) is 5.69 Å². The fourth-order valence-corrected chi connectivity index (χ4v) is 4.70. The maximum absolute atomic E-state index is 12.8. The zero-order valence-corrected chi connectivity index (χ0v) is 16.1. The Balaban J connectivity index is 1.28. The molecule has 0 saturated carbocycles. The molecule has 1 N–H and O–H groups in total. The van der Waals surface area contributed by atoms with Crippen LogP contribution in [0.4, 0.5) is 5.82 Å². The van der Waals surface area contributed by atoms with E-state index in [9.17, 15) is 8.42 Å². The molecule has 0 spiro atoms. The summed E-state index contributed by atoms with van der Waals surface area (Å²) in [7, 11) is -3.61. The number of anilines is 1. The lowest BCUT2D eigenvalue weighted by Crippen LogP contribution is -2.37. The van der Waals surface area contributed by atoms with Crippen LogP contribution in [0, 0.1) is 0 Å². The van der Waals surface area contributed by atoms with Gasteiger partial charge in [-0.15, -0.1) is 15.3 Å². The standard InChI is InChI=1S/C18H18N8O2S/c27-29(28,16-4-2-15(3-5-16)25-10-1-9-20-25)23-14-8-11-24(12-14)18-7-6-17-21-19-13-26(17)22-18/h1-7,9-10,13-14,23H,8,11-12H2/t14-/m0/s1. The third-order valence-electron chi connectivity index (χ3n) is 4.90. The van der Waals surface area contributed by atoms with Gasteiger partial charge in [0.15, 0.2) is 5.65 Å². The number of rotatable bonds is 5. The Morgan fingerprint density at radius 2 is 1.97 bits per heavy atom. The number of fused-ring (bicyclic) bond motifs is 1. The van der Waals surface area contributed by atoms with Crippen molar-refractivity contribution in [3.63, 3.8) is 0 Å². The van der Waals surface area contributed by atoms with Crippen molar-refractivity contribution in [2.45, 2.75) is 17.4 Å². The molecule has 1 fully saturated rings. The van der Waals surface area contributed by atoms with E-state index in [0.717, 1.165) is 11.5 Å². The van der Waals surface area contributed by atoms with Crippen molar-refractivity contribution in [2.24, 2.45) is 0 Å². The van der Waals surface area contributed by atoms with Crippen LogP contribution in [0.15, 0.2) is 66.1 Å². The third kappa shape index (κ3) is 3.45. The van der Waals surface area contributed by atoms with E-state index in [4.69, 9.17) is 0 Å². The summed E-state index contributed by atoms with van der Waals surface area (Å²) in [6.45, 7) is 1.26. The van der Waals surface area contributed by atoms with Gasteiger partial charge in [-0.1, -0.05) is 0 Å². The van der Waals surface area contributed by atoms with E-state index >= 15 is 0 Å². The molecule has 0 bridgehead atoms. The summed E-state index contributed by atoms with van der Waals surface area (Å²) in [5, 5.41) is 16.4. The number of hydrogen-bond acceptors (Lipinski definition) is 7. The normalized spacial score (nSPS) is 17.2. The summed E-state index contributed by atoms with van der Waals surface area (Å²) >= 11 is 0. The van der Waals surface area contributed by atoms with Crippen molar-refractivity contribution in [1.82, 2.24) is 34.3 Å². The third-order valence-corrected chi connectivity index (χ3v) is 6.43. The molecule has 29 heavy (non-hydrogen) atoms. The minimum absolute atomic E-state index is 0.191. The van der Waals surface area contributed by atoms with Crippen LogP contribution in [0.3, 0.4) is 0 Å². The first-order chi connectivity index (χ1) is 14.1. The van der Waals surface area contributed by atoms with Gasteiger partial charge in [0.1, 0.15) is 12.1 Å². The minimum atomic E-state index is -3.61. The van der Waals surface area contributed by atoms with Crippen molar-refractivity contribution < 1.29 is 8.42 Å². The highest BCUT2D eigenvalue weighted by molar-refractivity contribution is 7.89. The molecule has 0 amide bonds. The summed E-state index contributed by atoms with van der Waals surface area (Å²) in [6, 6.07) is 12.0. The van der Waals surface area contributed by atoms with Crippen LogP contribution >= 0.6 is 0 Å². The Kier molecular flexibility index (Phi) is 4.25. The zero-order chi connectivity index (χ0) is 19.8.